The van der Waals surface area contributed by atoms with Crippen LogP contribution in [0.1, 0.15) is 42.9 Å². The average Bonchev–Trinajstić information content (AvgIpc) is 3.01. The summed E-state index contributed by atoms with van der Waals surface area (Å²) in [6, 6.07) is 0. The Balaban J connectivity index is 1.99. The first kappa shape index (κ1) is 12.1. The van der Waals surface area contributed by atoms with Gasteiger partial charge in [0.2, 0.25) is 0 Å². The SMILES string of the molecule is Cc1c(C(=O)OCC(C)C)nnn1CC1CC1. The molecule has 1 aromatic rings. The van der Waals surface area contributed by atoms with E-state index >= 15 is 0 Å². The van der Waals surface area contributed by atoms with Gasteiger partial charge in [-0.2, -0.15) is 0 Å². The van der Waals surface area contributed by atoms with E-state index in [-0.39, 0.29) is 5.97 Å². The minimum atomic E-state index is -0.363. The van der Waals surface area contributed by atoms with Gasteiger partial charge in [-0.15, -0.1) is 5.10 Å². The molecule has 0 N–H and O–H groups in total. The lowest BCUT2D eigenvalue weighted by atomic mass is 10.2. The summed E-state index contributed by atoms with van der Waals surface area (Å²) in [5, 5.41) is 7.92. The first-order chi connectivity index (χ1) is 8.08. The third-order valence-electron chi connectivity index (χ3n) is 2.85. The van der Waals surface area contributed by atoms with Gasteiger partial charge < -0.3 is 4.74 Å². The third kappa shape index (κ3) is 3.05. The lowest BCUT2D eigenvalue weighted by Gasteiger charge is -2.06. The summed E-state index contributed by atoms with van der Waals surface area (Å²) in [6.45, 7) is 7.17. The molecular weight excluding hydrogens is 218 g/mol. The number of nitrogens with zero attached hydrogens (tertiary/aromatic N) is 3. The van der Waals surface area contributed by atoms with E-state index in [1.807, 2.05) is 25.5 Å². The number of rotatable bonds is 5. The van der Waals surface area contributed by atoms with E-state index in [1.165, 1.54) is 12.8 Å². The number of hydrogen-bond acceptors (Lipinski definition) is 4. The maximum absolute atomic E-state index is 11.7. The first-order valence-corrected chi connectivity index (χ1v) is 6.15. The minimum absolute atomic E-state index is 0.334. The van der Waals surface area contributed by atoms with E-state index in [2.05, 4.69) is 10.3 Å². The van der Waals surface area contributed by atoms with Gasteiger partial charge in [-0.1, -0.05) is 19.1 Å². The van der Waals surface area contributed by atoms with Crippen LogP contribution >= 0.6 is 0 Å². The molecule has 0 spiro atoms. The summed E-state index contributed by atoms with van der Waals surface area (Å²) in [4.78, 5) is 11.7. The van der Waals surface area contributed by atoms with Crippen molar-refractivity contribution in [2.24, 2.45) is 11.8 Å². The normalized spacial score (nSPS) is 15.3. The van der Waals surface area contributed by atoms with Crippen LogP contribution in [0.3, 0.4) is 0 Å². The highest BCUT2D eigenvalue weighted by atomic mass is 16.5. The Kier molecular flexibility index (Phi) is 3.45. The summed E-state index contributed by atoms with van der Waals surface area (Å²) in [5.74, 6) is 0.689. The van der Waals surface area contributed by atoms with E-state index in [1.54, 1.807) is 0 Å². The Hall–Kier alpha value is -1.39. The monoisotopic (exact) mass is 237 g/mol. The van der Waals surface area contributed by atoms with E-state index in [0.717, 1.165) is 18.2 Å². The fraction of sp³-hybridized carbons (Fsp3) is 0.750. The lowest BCUT2D eigenvalue weighted by Crippen LogP contribution is -2.12. The maximum atomic E-state index is 11.7. The van der Waals surface area contributed by atoms with Gasteiger partial charge in [-0.05, 0) is 31.6 Å². The second kappa shape index (κ2) is 4.85. The molecule has 1 fully saturated rings. The molecule has 0 aliphatic heterocycles. The van der Waals surface area contributed by atoms with Crippen LogP contribution in [0.15, 0.2) is 0 Å². The molecule has 0 atom stereocenters. The topological polar surface area (TPSA) is 57.0 Å². The molecule has 5 nitrogen and oxygen atoms in total. The van der Waals surface area contributed by atoms with E-state index in [4.69, 9.17) is 4.74 Å². The summed E-state index contributed by atoms with van der Waals surface area (Å²) >= 11 is 0. The predicted octanol–water partition coefficient (Wildman–Crippen LogP) is 1.81. The molecule has 5 heteroatoms. The van der Waals surface area contributed by atoms with Crippen LogP contribution in [0.5, 0.6) is 0 Å². The minimum Gasteiger partial charge on any atom is -0.461 e. The predicted molar refractivity (Wildman–Crippen MR) is 62.6 cm³/mol. The Labute approximate surface area is 101 Å². The molecular formula is C12H19N3O2. The molecule has 1 aliphatic carbocycles. The third-order valence-corrected chi connectivity index (χ3v) is 2.85. The Morgan fingerprint density at radius 2 is 2.24 bits per heavy atom. The molecule has 2 rings (SSSR count). The Bertz CT molecular complexity index is 408. The van der Waals surface area contributed by atoms with Crippen LogP contribution < -0.4 is 0 Å². The molecule has 0 saturated heterocycles. The van der Waals surface area contributed by atoms with Crippen molar-refractivity contribution in [3.63, 3.8) is 0 Å². The first-order valence-electron chi connectivity index (χ1n) is 6.15. The molecule has 94 valence electrons. The fourth-order valence-electron chi connectivity index (χ4n) is 1.58. The molecule has 0 unspecified atom stereocenters. The standard InChI is InChI=1S/C12H19N3O2/c1-8(2)7-17-12(16)11-9(3)15(14-13-11)6-10-4-5-10/h8,10H,4-7H2,1-3H3. The van der Waals surface area contributed by atoms with Gasteiger partial charge in [0.05, 0.1) is 12.3 Å². The van der Waals surface area contributed by atoms with Crippen molar-refractivity contribution in [2.45, 2.75) is 40.2 Å². The molecule has 0 bridgehead atoms. The maximum Gasteiger partial charge on any atom is 0.360 e. The van der Waals surface area contributed by atoms with Gasteiger partial charge in [-0.25, -0.2) is 9.48 Å². The van der Waals surface area contributed by atoms with Crippen LogP contribution in [0.4, 0.5) is 0 Å². The molecule has 1 saturated carbocycles. The van der Waals surface area contributed by atoms with Gasteiger partial charge in [0.1, 0.15) is 0 Å². The van der Waals surface area contributed by atoms with Crippen LogP contribution in [0.25, 0.3) is 0 Å². The van der Waals surface area contributed by atoms with Crippen LogP contribution in [0.2, 0.25) is 0 Å². The van der Waals surface area contributed by atoms with Gasteiger partial charge in [0.15, 0.2) is 5.69 Å². The number of hydrogen-bond donors (Lipinski definition) is 0. The molecule has 1 aliphatic rings. The van der Waals surface area contributed by atoms with Crippen LogP contribution in [0, 0.1) is 18.8 Å². The number of aromatic nitrogens is 3. The second-order valence-corrected chi connectivity index (χ2v) is 5.14. The molecule has 0 radical (unpaired) electrons. The summed E-state index contributed by atoms with van der Waals surface area (Å²) in [7, 11) is 0. The number of carbonyl (C=O) groups is 1. The van der Waals surface area contributed by atoms with Crippen molar-refractivity contribution in [1.82, 2.24) is 15.0 Å². The summed E-state index contributed by atoms with van der Waals surface area (Å²) in [5.41, 5.74) is 1.16. The second-order valence-electron chi connectivity index (χ2n) is 5.14. The van der Waals surface area contributed by atoms with Crippen LogP contribution in [-0.4, -0.2) is 27.6 Å². The smallest absolute Gasteiger partial charge is 0.360 e. The Morgan fingerprint density at radius 3 is 2.82 bits per heavy atom. The molecule has 0 amide bonds. The Morgan fingerprint density at radius 1 is 1.53 bits per heavy atom. The van der Waals surface area contributed by atoms with Gasteiger partial charge in [0.25, 0.3) is 0 Å². The summed E-state index contributed by atoms with van der Waals surface area (Å²) in [6.07, 6.45) is 2.51. The van der Waals surface area contributed by atoms with Gasteiger partial charge in [-0.3, -0.25) is 0 Å². The van der Waals surface area contributed by atoms with Crippen molar-refractivity contribution >= 4 is 5.97 Å². The largest absolute Gasteiger partial charge is 0.461 e. The van der Waals surface area contributed by atoms with E-state index in [9.17, 15) is 4.79 Å². The van der Waals surface area contributed by atoms with Crippen LogP contribution in [-0.2, 0) is 11.3 Å². The average molecular weight is 237 g/mol. The van der Waals surface area contributed by atoms with E-state index in [0.29, 0.717) is 18.2 Å². The van der Waals surface area contributed by atoms with E-state index < -0.39 is 0 Å². The van der Waals surface area contributed by atoms with Crippen molar-refractivity contribution < 1.29 is 9.53 Å². The molecule has 1 aromatic heterocycles. The molecule has 0 aromatic carbocycles. The number of carbonyl (C=O) groups excluding carboxylic acids is 1. The molecule has 1 heterocycles. The van der Waals surface area contributed by atoms with Gasteiger partial charge >= 0.3 is 5.97 Å². The highest BCUT2D eigenvalue weighted by Crippen LogP contribution is 2.30. The van der Waals surface area contributed by atoms with Gasteiger partial charge in [0, 0.05) is 6.54 Å². The molecule has 17 heavy (non-hydrogen) atoms. The number of esters is 1. The van der Waals surface area contributed by atoms with Crippen molar-refractivity contribution in [3.05, 3.63) is 11.4 Å². The zero-order valence-electron chi connectivity index (χ0n) is 10.6. The lowest BCUT2D eigenvalue weighted by molar-refractivity contribution is 0.0451. The quantitative estimate of drug-likeness (QED) is 0.733. The number of ether oxygens (including phenoxy) is 1. The van der Waals surface area contributed by atoms with Crippen molar-refractivity contribution in [2.75, 3.05) is 6.61 Å². The fourth-order valence-corrected chi connectivity index (χ4v) is 1.58. The zero-order valence-corrected chi connectivity index (χ0v) is 10.6. The zero-order chi connectivity index (χ0) is 12.4. The highest BCUT2D eigenvalue weighted by molar-refractivity contribution is 5.88. The highest BCUT2D eigenvalue weighted by Gasteiger charge is 2.25. The van der Waals surface area contributed by atoms with Crippen molar-refractivity contribution in [1.29, 1.82) is 0 Å². The summed E-state index contributed by atoms with van der Waals surface area (Å²) < 4.78 is 6.96. The van der Waals surface area contributed by atoms with Crippen molar-refractivity contribution in [3.8, 4) is 0 Å².